The Morgan fingerprint density at radius 2 is 2.00 bits per heavy atom. The molecule has 0 aliphatic carbocycles. The first-order valence-corrected chi connectivity index (χ1v) is 8.62. The lowest BCUT2D eigenvalue weighted by molar-refractivity contribution is -0.00602. The molecule has 2 fully saturated rings. The zero-order valence-electron chi connectivity index (χ0n) is 13.4. The Morgan fingerprint density at radius 3 is 2.86 bits per heavy atom. The number of hydrogen-bond donors (Lipinski definition) is 0. The monoisotopic (exact) mass is 295 g/mol. The van der Waals surface area contributed by atoms with Gasteiger partial charge in [0.15, 0.2) is 0 Å². The number of aromatic nitrogens is 1. The molecule has 0 bridgehead atoms. The van der Waals surface area contributed by atoms with Gasteiger partial charge in [-0.1, -0.05) is 24.6 Å². The van der Waals surface area contributed by atoms with Crippen LogP contribution in [0.1, 0.15) is 31.7 Å². The Labute approximate surface area is 132 Å². The molecule has 2 aliphatic rings. The van der Waals surface area contributed by atoms with E-state index in [9.17, 15) is 0 Å². The number of benzene rings is 1. The van der Waals surface area contributed by atoms with Gasteiger partial charge >= 0.3 is 0 Å². The second-order valence-electron chi connectivity index (χ2n) is 6.92. The van der Waals surface area contributed by atoms with E-state index in [4.69, 9.17) is 0 Å². The van der Waals surface area contributed by atoms with E-state index in [0.717, 1.165) is 24.1 Å². The van der Waals surface area contributed by atoms with Crippen LogP contribution in [-0.2, 0) is 6.54 Å². The Bertz CT molecular complexity index is 643. The van der Waals surface area contributed by atoms with E-state index < -0.39 is 0 Å². The van der Waals surface area contributed by atoms with E-state index in [1.54, 1.807) is 0 Å². The van der Waals surface area contributed by atoms with Gasteiger partial charge in [0, 0.05) is 43.3 Å². The first-order chi connectivity index (χ1) is 10.8. The standard InChI is InChI=1S/C19H25N3/c1-15-6-4-5-11-22(15)17-13-21(14-17)12-16-9-10-20-19-8-3-2-7-18(16)19/h2-3,7-10,15,17H,4-6,11-14H2,1H3/t15-/m0/s1. The van der Waals surface area contributed by atoms with Gasteiger partial charge in [-0.25, -0.2) is 0 Å². The largest absolute Gasteiger partial charge is 0.296 e. The van der Waals surface area contributed by atoms with Crippen molar-refractivity contribution in [3.05, 3.63) is 42.1 Å². The minimum absolute atomic E-state index is 0.780. The molecule has 0 unspecified atom stereocenters. The molecule has 0 N–H and O–H groups in total. The third-order valence-electron chi connectivity index (χ3n) is 5.39. The molecule has 0 saturated carbocycles. The van der Waals surface area contributed by atoms with E-state index in [-0.39, 0.29) is 0 Å². The van der Waals surface area contributed by atoms with Crippen LogP contribution in [0.15, 0.2) is 36.5 Å². The van der Waals surface area contributed by atoms with E-state index in [1.165, 1.54) is 49.8 Å². The van der Waals surface area contributed by atoms with Crippen molar-refractivity contribution in [3.8, 4) is 0 Å². The number of piperidine rings is 1. The van der Waals surface area contributed by atoms with Gasteiger partial charge in [0.25, 0.3) is 0 Å². The molecular formula is C19H25N3. The molecule has 1 aromatic heterocycles. The van der Waals surface area contributed by atoms with Gasteiger partial charge in [0.2, 0.25) is 0 Å². The molecule has 3 nitrogen and oxygen atoms in total. The van der Waals surface area contributed by atoms with Crippen LogP contribution in [0.4, 0.5) is 0 Å². The Kier molecular flexibility index (Phi) is 3.85. The second-order valence-corrected chi connectivity index (χ2v) is 6.92. The Hall–Kier alpha value is -1.45. The summed E-state index contributed by atoms with van der Waals surface area (Å²) < 4.78 is 0. The highest BCUT2D eigenvalue weighted by Crippen LogP contribution is 2.26. The number of pyridine rings is 1. The van der Waals surface area contributed by atoms with Crippen LogP contribution < -0.4 is 0 Å². The van der Waals surface area contributed by atoms with Crippen LogP contribution in [0.25, 0.3) is 10.9 Å². The fourth-order valence-corrected chi connectivity index (χ4v) is 4.08. The third-order valence-corrected chi connectivity index (χ3v) is 5.39. The molecule has 116 valence electrons. The number of fused-ring (bicyclic) bond motifs is 1. The summed E-state index contributed by atoms with van der Waals surface area (Å²) in [6.45, 7) is 7.21. The molecule has 22 heavy (non-hydrogen) atoms. The zero-order chi connectivity index (χ0) is 14.9. The maximum atomic E-state index is 4.46. The van der Waals surface area contributed by atoms with Gasteiger partial charge in [-0.3, -0.25) is 14.8 Å². The van der Waals surface area contributed by atoms with Crippen LogP contribution >= 0.6 is 0 Å². The maximum absolute atomic E-state index is 4.46. The predicted octanol–water partition coefficient (Wildman–Crippen LogP) is 3.29. The maximum Gasteiger partial charge on any atom is 0.0705 e. The summed E-state index contributed by atoms with van der Waals surface area (Å²) in [6, 6.07) is 12.2. The molecule has 3 heterocycles. The number of rotatable bonds is 3. The molecule has 2 aliphatic heterocycles. The van der Waals surface area contributed by atoms with E-state index in [1.807, 2.05) is 6.20 Å². The summed E-state index contributed by atoms with van der Waals surface area (Å²) >= 11 is 0. The van der Waals surface area contributed by atoms with Gasteiger partial charge in [0.1, 0.15) is 0 Å². The Balaban J connectivity index is 1.41. The molecule has 2 saturated heterocycles. The smallest absolute Gasteiger partial charge is 0.0705 e. The highest BCUT2D eigenvalue weighted by Gasteiger charge is 2.34. The lowest BCUT2D eigenvalue weighted by Crippen LogP contribution is -2.61. The first-order valence-electron chi connectivity index (χ1n) is 8.62. The van der Waals surface area contributed by atoms with Crippen molar-refractivity contribution in [2.45, 2.75) is 44.8 Å². The van der Waals surface area contributed by atoms with E-state index >= 15 is 0 Å². The highest BCUT2D eigenvalue weighted by atomic mass is 15.3. The number of hydrogen-bond acceptors (Lipinski definition) is 3. The van der Waals surface area contributed by atoms with E-state index in [2.05, 4.69) is 52.0 Å². The molecule has 2 aromatic rings. The summed E-state index contributed by atoms with van der Waals surface area (Å²) in [5.74, 6) is 0. The minimum atomic E-state index is 0.780. The molecular weight excluding hydrogens is 270 g/mol. The topological polar surface area (TPSA) is 19.4 Å². The fraction of sp³-hybridized carbons (Fsp3) is 0.526. The van der Waals surface area contributed by atoms with Crippen LogP contribution in [0.5, 0.6) is 0 Å². The summed E-state index contributed by atoms with van der Waals surface area (Å²) in [4.78, 5) is 9.78. The van der Waals surface area contributed by atoms with Crippen LogP contribution in [-0.4, -0.2) is 46.5 Å². The predicted molar refractivity (Wildman–Crippen MR) is 90.8 cm³/mol. The Morgan fingerprint density at radius 1 is 1.14 bits per heavy atom. The average molecular weight is 295 g/mol. The molecule has 3 heteroatoms. The molecule has 0 spiro atoms. The summed E-state index contributed by atoms with van der Waals surface area (Å²) in [5, 5.41) is 1.31. The molecule has 0 radical (unpaired) electrons. The summed E-state index contributed by atoms with van der Waals surface area (Å²) in [5.41, 5.74) is 2.53. The van der Waals surface area contributed by atoms with Crippen molar-refractivity contribution >= 4 is 10.9 Å². The second kappa shape index (κ2) is 5.98. The van der Waals surface area contributed by atoms with Gasteiger partial charge in [-0.15, -0.1) is 0 Å². The lowest BCUT2D eigenvalue weighted by atomic mass is 9.97. The van der Waals surface area contributed by atoms with Gasteiger partial charge in [-0.2, -0.15) is 0 Å². The normalized spacial score (nSPS) is 24.5. The third kappa shape index (κ3) is 2.64. The lowest BCUT2D eigenvalue weighted by Gasteiger charge is -2.49. The van der Waals surface area contributed by atoms with Crippen molar-refractivity contribution in [1.29, 1.82) is 0 Å². The van der Waals surface area contributed by atoms with E-state index in [0.29, 0.717) is 0 Å². The minimum Gasteiger partial charge on any atom is -0.296 e. The molecule has 4 rings (SSSR count). The molecule has 1 aromatic carbocycles. The van der Waals surface area contributed by atoms with Crippen molar-refractivity contribution in [1.82, 2.24) is 14.8 Å². The SMILES string of the molecule is C[C@H]1CCCCN1C1CN(Cc2ccnc3ccccc23)C1. The summed E-state index contributed by atoms with van der Waals surface area (Å²) in [7, 11) is 0. The van der Waals surface area contributed by atoms with Crippen molar-refractivity contribution < 1.29 is 0 Å². The van der Waals surface area contributed by atoms with Gasteiger partial charge < -0.3 is 0 Å². The van der Waals surface area contributed by atoms with Gasteiger partial charge in [-0.05, 0) is 44.0 Å². The first kappa shape index (κ1) is 14.2. The van der Waals surface area contributed by atoms with Crippen molar-refractivity contribution in [2.75, 3.05) is 19.6 Å². The van der Waals surface area contributed by atoms with Crippen LogP contribution in [0, 0.1) is 0 Å². The van der Waals surface area contributed by atoms with Crippen LogP contribution in [0.2, 0.25) is 0 Å². The van der Waals surface area contributed by atoms with Crippen molar-refractivity contribution in [2.24, 2.45) is 0 Å². The van der Waals surface area contributed by atoms with Gasteiger partial charge in [0.05, 0.1) is 5.52 Å². The summed E-state index contributed by atoms with van der Waals surface area (Å²) in [6.07, 6.45) is 6.13. The fourth-order valence-electron chi connectivity index (χ4n) is 4.08. The number of likely N-dealkylation sites (tertiary alicyclic amines) is 2. The highest BCUT2D eigenvalue weighted by molar-refractivity contribution is 5.81. The quantitative estimate of drug-likeness (QED) is 0.866. The van der Waals surface area contributed by atoms with Crippen molar-refractivity contribution in [3.63, 3.8) is 0 Å². The average Bonchev–Trinajstić information content (AvgIpc) is 2.52. The van der Waals surface area contributed by atoms with Crippen LogP contribution in [0.3, 0.4) is 0 Å². The number of nitrogens with zero attached hydrogens (tertiary/aromatic N) is 3. The molecule has 0 amide bonds. The molecule has 1 atom stereocenters. The number of para-hydroxylation sites is 1. The zero-order valence-corrected chi connectivity index (χ0v) is 13.4.